The van der Waals surface area contributed by atoms with Gasteiger partial charge in [-0.3, -0.25) is 9.59 Å². The topological polar surface area (TPSA) is 49.4 Å². The van der Waals surface area contributed by atoms with E-state index < -0.39 is 11.6 Å². The van der Waals surface area contributed by atoms with Crippen molar-refractivity contribution in [2.75, 3.05) is 0 Å². The van der Waals surface area contributed by atoms with Crippen LogP contribution >= 0.6 is 0 Å². The van der Waals surface area contributed by atoms with Crippen molar-refractivity contribution in [1.29, 1.82) is 0 Å². The zero-order valence-corrected chi connectivity index (χ0v) is 14.7. The Bertz CT molecular complexity index is 390. The maximum absolute atomic E-state index is 13.1. The van der Waals surface area contributed by atoms with Crippen LogP contribution in [-0.4, -0.2) is 34.3 Å². The smallest absolute Gasteiger partial charge is 0.246 e. The van der Waals surface area contributed by atoms with Crippen LogP contribution in [0.3, 0.4) is 0 Å². The molecule has 1 unspecified atom stereocenters. The van der Waals surface area contributed by atoms with Crippen molar-refractivity contribution in [3.05, 3.63) is 0 Å². The van der Waals surface area contributed by atoms with E-state index in [4.69, 9.17) is 0 Å². The van der Waals surface area contributed by atoms with Gasteiger partial charge in [0.05, 0.1) is 0 Å². The summed E-state index contributed by atoms with van der Waals surface area (Å²) in [6.45, 7) is 14.2. The van der Waals surface area contributed by atoms with Crippen LogP contribution in [0.4, 0.5) is 0 Å². The fourth-order valence-electron chi connectivity index (χ4n) is 3.47. The van der Waals surface area contributed by atoms with Gasteiger partial charge in [-0.15, -0.1) is 0 Å². The third-order valence-electron chi connectivity index (χ3n) is 4.99. The first-order valence-electron chi connectivity index (χ1n) is 8.33. The first-order chi connectivity index (χ1) is 9.69. The van der Waals surface area contributed by atoms with Crippen molar-refractivity contribution < 1.29 is 9.59 Å². The number of carbonyl (C=O) groups excluding carboxylic acids is 2. The molecule has 0 aromatic rings. The molecule has 122 valence electrons. The van der Waals surface area contributed by atoms with Crippen molar-refractivity contribution in [2.45, 2.75) is 91.8 Å². The molecular weight excluding hydrogens is 264 g/mol. The van der Waals surface area contributed by atoms with Crippen molar-refractivity contribution >= 4 is 11.8 Å². The van der Waals surface area contributed by atoms with Gasteiger partial charge in [0, 0.05) is 6.04 Å². The molecule has 4 heteroatoms. The van der Waals surface area contributed by atoms with E-state index in [2.05, 4.69) is 19.2 Å². The summed E-state index contributed by atoms with van der Waals surface area (Å²) in [6.07, 6.45) is 3.09. The Morgan fingerprint density at radius 1 is 1.10 bits per heavy atom. The molecule has 0 saturated carbocycles. The minimum Gasteiger partial charge on any atom is -0.342 e. The molecule has 0 radical (unpaired) electrons. The molecule has 1 rings (SSSR count). The van der Waals surface area contributed by atoms with Gasteiger partial charge < -0.3 is 10.2 Å². The molecule has 1 N–H and O–H groups in total. The SMILES string of the molecule is CCC(CC)N1C(=O)C(C(C)(C)C)NC(=O)C1(CC)CC. The van der Waals surface area contributed by atoms with Crippen LogP contribution in [-0.2, 0) is 9.59 Å². The van der Waals surface area contributed by atoms with E-state index in [1.54, 1.807) is 0 Å². The zero-order chi connectivity index (χ0) is 16.4. The molecule has 0 aromatic heterocycles. The Morgan fingerprint density at radius 3 is 1.90 bits per heavy atom. The molecule has 0 aliphatic carbocycles. The fourth-order valence-corrected chi connectivity index (χ4v) is 3.47. The summed E-state index contributed by atoms with van der Waals surface area (Å²) < 4.78 is 0. The van der Waals surface area contributed by atoms with Crippen LogP contribution in [0.25, 0.3) is 0 Å². The molecule has 1 aliphatic heterocycles. The summed E-state index contributed by atoms with van der Waals surface area (Å²) in [5.41, 5.74) is -0.958. The van der Waals surface area contributed by atoms with Gasteiger partial charge in [0.2, 0.25) is 11.8 Å². The molecule has 1 aliphatic rings. The maximum Gasteiger partial charge on any atom is 0.246 e. The Kier molecular flexibility index (Phi) is 5.46. The number of nitrogens with one attached hydrogen (secondary N) is 1. The lowest BCUT2D eigenvalue weighted by molar-refractivity contribution is -0.165. The highest BCUT2D eigenvalue weighted by atomic mass is 16.2. The van der Waals surface area contributed by atoms with E-state index >= 15 is 0 Å². The lowest BCUT2D eigenvalue weighted by Crippen LogP contribution is -2.74. The summed E-state index contributed by atoms with van der Waals surface area (Å²) in [6, 6.07) is -0.301. The van der Waals surface area contributed by atoms with Crippen molar-refractivity contribution in [1.82, 2.24) is 10.2 Å². The standard InChI is InChI=1S/C17H32N2O2/c1-8-12(9-2)19-14(20)13(16(5,6)7)18-15(21)17(19,10-3)11-4/h12-13H,8-11H2,1-7H3,(H,18,21). The van der Waals surface area contributed by atoms with Gasteiger partial charge in [-0.1, -0.05) is 48.5 Å². The highest BCUT2D eigenvalue weighted by Gasteiger charge is 2.54. The van der Waals surface area contributed by atoms with Crippen LogP contribution in [0.15, 0.2) is 0 Å². The van der Waals surface area contributed by atoms with E-state index in [0.717, 1.165) is 12.8 Å². The van der Waals surface area contributed by atoms with E-state index in [-0.39, 0.29) is 23.3 Å². The van der Waals surface area contributed by atoms with Crippen molar-refractivity contribution in [3.8, 4) is 0 Å². The number of piperazine rings is 1. The van der Waals surface area contributed by atoms with Gasteiger partial charge in [0.1, 0.15) is 11.6 Å². The number of hydrogen-bond donors (Lipinski definition) is 1. The van der Waals surface area contributed by atoms with Gasteiger partial charge in [-0.05, 0) is 31.1 Å². The fraction of sp³-hybridized carbons (Fsp3) is 0.882. The molecule has 0 bridgehead atoms. The number of carbonyl (C=O) groups is 2. The number of hydrogen-bond acceptors (Lipinski definition) is 2. The van der Waals surface area contributed by atoms with Gasteiger partial charge in [0.15, 0.2) is 0 Å². The average molecular weight is 296 g/mol. The summed E-state index contributed by atoms with van der Waals surface area (Å²) in [5, 5.41) is 3.00. The predicted octanol–water partition coefficient (Wildman–Crippen LogP) is 3.11. The Labute approximate surface area is 129 Å². The van der Waals surface area contributed by atoms with Gasteiger partial charge in [-0.25, -0.2) is 0 Å². The number of rotatable bonds is 5. The number of nitrogens with zero attached hydrogens (tertiary/aromatic N) is 1. The molecule has 1 saturated heterocycles. The second kappa shape index (κ2) is 6.37. The average Bonchev–Trinajstić information content (AvgIpc) is 2.43. The normalized spacial score (nSPS) is 22.7. The maximum atomic E-state index is 13.1. The molecule has 1 fully saturated rings. The zero-order valence-electron chi connectivity index (χ0n) is 14.7. The Balaban J connectivity index is 3.37. The molecule has 1 atom stereocenters. The second-order valence-corrected chi connectivity index (χ2v) is 7.19. The van der Waals surface area contributed by atoms with Crippen LogP contribution in [0, 0.1) is 5.41 Å². The van der Waals surface area contributed by atoms with Gasteiger partial charge in [-0.2, -0.15) is 0 Å². The minimum atomic E-state index is -0.685. The molecule has 21 heavy (non-hydrogen) atoms. The van der Waals surface area contributed by atoms with Crippen LogP contribution in [0.5, 0.6) is 0 Å². The summed E-state index contributed by atoms with van der Waals surface area (Å²) in [4.78, 5) is 27.9. The first-order valence-corrected chi connectivity index (χ1v) is 8.33. The summed E-state index contributed by atoms with van der Waals surface area (Å²) >= 11 is 0. The Hall–Kier alpha value is -1.06. The van der Waals surface area contributed by atoms with Crippen molar-refractivity contribution in [2.24, 2.45) is 5.41 Å². The highest BCUT2D eigenvalue weighted by Crippen LogP contribution is 2.36. The van der Waals surface area contributed by atoms with E-state index in [0.29, 0.717) is 12.8 Å². The monoisotopic (exact) mass is 296 g/mol. The molecule has 4 nitrogen and oxygen atoms in total. The summed E-state index contributed by atoms with van der Waals surface area (Å²) in [7, 11) is 0. The highest BCUT2D eigenvalue weighted by molar-refractivity contribution is 6.00. The molecule has 2 amide bonds. The van der Waals surface area contributed by atoms with E-state index in [9.17, 15) is 9.59 Å². The third kappa shape index (κ3) is 2.95. The molecular formula is C17H32N2O2. The first kappa shape index (κ1) is 18.0. The van der Waals surface area contributed by atoms with Crippen LogP contribution in [0.2, 0.25) is 0 Å². The predicted molar refractivity (Wildman–Crippen MR) is 85.9 cm³/mol. The number of amides is 2. The molecule has 0 aromatic carbocycles. The second-order valence-electron chi connectivity index (χ2n) is 7.19. The molecule has 0 spiro atoms. The summed E-state index contributed by atoms with van der Waals surface area (Å²) in [5.74, 6) is 0.0958. The lowest BCUT2D eigenvalue weighted by atomic mass is 9.77. The molecule has 1 heterocycles. The van der Waals surface area contributed by atoms with Crippen molar-refractivity contribution in [3.63, 3.8) is 0 Å². The van der Waals surface area contributed by atoms with E-state index in [1.165, 1.54) is 0 Å². The lowest BCUT2D eigenvalue weighted by Gasteiger charge is -2.53. The minimum absolute atomic E-state index is 0.0129. The largest absolute Gasteiger partial charge is 0.342 e. The Morgan fingerprint density at radius 2 is 1.57 bits per heavy atom. The van der Waals surface area contributed by atoms with Crippen LogP contribution < -0.4 is 5.32 Å². The van der Waals surface area contributed by atoms with Crippen LogP contribution in [0.1, 0.15) is 74.1 Å². The van der Waals surface area contributed by atoms with Gasteiger partial charge in [0.25, 0.3) is 0 Å². The van der Waals surface area contributed by atoms with Gasteiger partial charge >= 0.3 is 0 Å². The van der Waals surface area contributed by atoms with E-state index in [1.807, 2.05) is 39.5 Å². The quantitative estimate of drug-likeness (QED) is 0.847. The third-order valence-corrected chi connectivity index (χ3v) is 4.99.